The van der Waals surface area contributed by atoms with Gasteiger partial charge in [-0.05, 0) is 74.7 Å². The molecule has 5 aromatic heterocycles. The first-order valence-electron chi connectivity index (χ1n) is 15.7. The molecule has 46 heavy (non-hydrogen) atoms. The van der Waals surface area contributed by atoms with E-state index in [0.717, 1.165) is 60.9 Å². The molecule has 1 saturated heterocycles. The van der Waals surface area contributed by atoms with E-state index in [9.17, 15) is 9.18 Å². The molecule has 232 valence electrons. The van der Waals surface area contributed by atoms with Gasteiger partial charge in [0.2, 0.25) is 5.91 Å². The summed E-state index contributed by atoms with van der Waals surface area (Å²) in [5.74, 6) is 0.717. The number of nitrogens with zero attached hydrogens (tertiary/aromatic N) is 6. The first kappa shape index (κ1) is 28.3. The van der Waals surface area contributed by atoms with E-state index in [2.05, 4.69) is 40.3 Å². The van der Waals surface area contributed by atoms with Crippen LogP contribution in [0.5, 0.6) is 5.75 Å². The Kier molecular flexibility index (Phi) is 7.33. The van der Waals surface area contributed by atoms with Crippen LogP contribution < -0.4 is 10.1 Å². The minimum atomic E-state index is -0.381. The highest BCUT2D eigenvalue weighted by molar-refractivity contribution is 5.97. The number of pyridine rings is 3. The van der Waals surface area contributed by atoms with Gasteiger partial charge in [-0.15, -0.1) is 0 Å². The third-order valence-corrected chi connectivity index (χ3v) is 8.89. The van der Waals surface area contributed by atoms with Gasteiger partial charge in [-0.2, -0.15) is 5.10 Å². The van der Waals surface area contributed by atoms with Crippen LogP contribution >= 0.6 is 0 Å². The van der Waals surface area contributed by atoms with Crippen LogP contribution in [0.2, 0.25) is 0 Å². The van der Waals surface area contributed by atoms with Crippen molar-refractivity contribution in [2.45, 2.75) is 32.1 Å². The van der Waals surface area contributed by atoms with Crippen LogP contribution in [0, 0.1) is 11.7 Å². The van der Waals surface area contributed by atoms with E-state index in [1.54, 1.807) is 24.8 Å². The molecule has 3 N–H and O–H groups in total. The zero-order valence-electron chi connectivity index (χ0n) is 25.1. The second-order valence-electron chi connectivity index (χ2n) is 12.0. The second-order valence-corrected chi connectivity index (χ2v) is 12.0. The SMILES string of the molecule is O=C(Nc1cncc(-c2cc3c(-c4nc5c(-c6cc(F)cc(OCCN7CCCC7)c6)ccnc5[nH]4)n[nH]c3cn2)c1)C1CCC1. The van der Waals surface area contributed by atoms with Crippen molar-refractivity contribution in [3.8, 4) is 39.7 Å². The highest BCUT2D eigenvalue weighted by atomic mass is 19.1. The maximum Gasteiger partial charge on any atom is 0.227 e. The number of amides is 1. The fourth-order valence-corrected chi connectivity index (χ4v) is 6.17. The number of hydrogen-bond donors (Lipinski definition) is 3. The summed E-state index contributed by atoms with van der Waals surface area (Å²) in [4.78, 5) is 36.5. The average Bonchev–Trinajstić information content (AvgIpc) is 3.79. The van der Waals surface area contributed by atoms with Crippen LogP contribution in [0.15, 0.2) is 61.2 Å². The quantitative estimate of drug-likeness (QED) is 0.180. The first-order chi connectivity index (χ1) is 22.6. The molecule has 0 spiro atoms. The van der Waals surface area contributed by atoms with Crippen LogP contribution in [0.1, 0.15) is 32.1 Å². The van der Waals surface area contributed by atoms with Crippen molar-refractivity contribution < 1.29 is 13.9 Å². The Morgan fingerprint density at radius 3 is 2.76 bits per heavy atom. The number of aromatic nitrogens is 7. The van der Waals surface area contributed by atoms with Gasteiger partial charge in [-0.25, -0.2) is 14.4 Å². The third-order valence-electron chi connectivity index (χ3n) is 8.89. The van der Waals surface area contributed by atoms with Gasteiger partial charge in [0.15, 0.2) is 11.5 Å². The Hall–Kier alpha value is -5.23. The summed E-state index contributed by atoms with van der Waals surface area (Å²) >= 11 is 0. The van der Waals surface area contributed by atoms with E-state index in [1.165, 1.54) is 25.0 Å². The van der Waals surface area contributed by atoms with Crippen molar-refractivity contribution in [1.82, 2.24) is 40.0 Å². The van der Waals surface area contributed by atoms with Crippen molar-refractivity contribution in [2.24, 2.45) is 5.92 Å². The lowest BCUT2D eigenvalue weighted by molar-refractivity contribution is -0.122. The van der Waals surface area contributed by atoms with Gasteiger partial charge in [-0.3, -0.25) is 24.8 Å². The number of likely N-dealkylation sites (tertiary alicyclic amines) is 1. The predicted molar refractivity (Wildman–Crippen MR) is 173 cm³/mol. The number of rotatable bonds is 9. The predicted octanol–water partition coefficient (Wildman–Crippen LogP) is 5.98. The number of benzene rings is 1. The topological polar surface area (TPSA) is 138 Å². The van der Waals surface area contributed by atoms with Gasteiger partial charge in [0.25, 0.3) is 0 Å². The maximum absolute atomic E-state index is 14.8. The number of hydrogen-bond acceptors (Lipinski definition) is 8. The third kappa shape index (κ3) is 5.56. The van der Waals surface area contributed by atoms with Crippen LogP contribution in [0.25, 0.3) is 56.0 Å². The molecular formula is C34H32FN9O2. The van der Waals surface area contributed by atoms with Crippen molar-refractivity contribution >= 4 is 33.7 Å². The molecular weight excluding hydrogens is 585 g/mol. The molecule has 2 fully saturated rings. The number of fused-ring (bicyclic) bond motifs is 2. The number of imidazole rings is 1. The smallest absolute Gasteiger partial charge is 0.227 e. The fourth-order valence-electron chi connectivity index (χ4n) is 6.17. The largest absolute Gasteiger partial charge is 0.492 e. The Labute approximate surface area is 263 Å². The summed E-state index contributed by atoms with van der Waals surface area (Å²) in [5, 5.41) is 11.4. The molecule has 0 radical (unpaired) electrons. The van der Waals surface area contributed by atoms with E-state index in [-0.39, 0.29) is 17.6 Å². The second kappa shape index (κ2) is 11.9. The lowest BCUT2D eigenvalue weighted by Gasteiger charge is -2.24. The van der Waals surface area contributed by atoms with Crippen LogP contribution in [0.4, 0.5) is 10.1 Å². The molecule has 6 aromatic rings. The number of halogens is 1. The van der Waals surface area contributed by atoms with Gasteiger partial charge in [0, 0.05) is 47.4 Å². The van der Waals surface area contributed by atoms with Crippen molar-refractivity contribution in [3.05, 3.63) is 67.0 Å². The normalized spacial score (nSPS) is 15.4. The first-order valence-corrected chi connectivity index (χ1v) is 15.7. The number of aromatic amines is 2. The Balaban J connectivity index is 1.09. The fraction of sp³-hybridized carbons (Fsp3) is 0.294. The molecule has 0 unspecified atom stereocenters. The molecule has 1 aromatic carbocycles. The molecule has 1 saturated carbocycles. The van der Waals surface area contributed by atoms with Crippen LogP contribution in [-0.4, -0.2) is 72.2 Å². The van der Waals surface area contributed by atoms with Crippen LogP contribution in [-0.2, 0) is 4.79 Å². The molecule has 6 heterocycles. The van der Waals surface area contributed by atoms with E-state index >= 15 is 0 Å². The minimum absolute atomic E-state index is 0.0307. The van der Waals surface area contributed by atoms with Gasteiger partial charge in [0.1, 0.15) is 29.4 Å². The Morgan fingerprint density at radius 2 is 1.91 bits per heavy atom. The molecule has 0 bridgehead atoms. The summed E-state index contributed by atoms with van der Waals surface area (Å²) in [5.41, 5.74) is 5.92. The molecule has 8 rings (SSSR count). The maximum atomic E-state index is 14.8. The molecule has 1 aliphatic heterocycles. The highest BCUT2D eigenvalue weighted by Gasteiger charge is 2.25. The minimum Gasteiger partial charge on any atom is -0.492 e. The molecule has 0 atom stereocenters. The average molecular weight is 618 g/mol. The lowest BCUT2D eigenvalue weighted by Crippen LogP contribution is -2.28. The van der Waals surface area contributed by atoms with Gasteiger partial charge >= 0.3 is 0 Å². The lowest BCUT2D eigenvalue weighted by atomic mass is 9.85. The molecule has 1 aliphatic carbocycles. The number of anilines is 1. The summed E-state index contributed by atoms with van der Waals surface area (Å²) in [7, 11) is 0. The summed E-state index contributed by atoms with van der Waals surface area (Å²) < 4.78 is 20.7. The molecule has 1 amide bonds. The van der Waals surface area contributed by atoms with Crippen molar-refractivity contribution in [2.75, 3.05) is 31.6 Å². The van der Waals surface area contributed by atoms with Gasteiger partial charge < -0.3 is 15.0 Å². The number of nitrogens with one attached hydrogen (secondary N) is 3. The number of ether oxygens (including phenoxy) is 1. The molecule has 2 aliphatic rings. The summed E-state index contributed by atoms with van der Waals surface area (Å²) in [6.45, 7) is 3.49. The highest BCUT2D eigenvalue weighted by Crippen LogP contribution is 2.34. The standard InChI is InChI=1S/C34H32FN9O2/c35-23-12-21(14-25(15-23)46-11-10-44-8-1-2-9-44)26-6-7-37-32-30(26)40-33(41-32)31-27-16-28(38-19-29(27)42-43-31)22-13-24(18-36-17-22)39-34(45)20-4-3-5-20/h6-7,12-20H,1-5,8-11H2,(H,39,45)(H,42,43)(H,37,40,41). The van der Waals surface area contributed by atoms with E-state index < -0.39 is 0 Å². The Bertz CT molecular complexity index is 2060. The van der Waals surface area contributed by atoms with Crippen LogP contribution in [0.3, 0.4) is 0 Å². The zero-order chi connectivity index (χ0) is 31.0. The van der Waals surface area contributed by atoms with Crippen molar-refractivity contribution in [1.29, 1.82) is 0 Å². The monoisotopic (exact) mass is 617 g/mol. The molecule has 11 nitrogen and oxygen atoms in total. The molecule has 12 heteroatoms. The number of carbonyl (C=O) groups is 1. The zero-order valence-corrected chi connectivity index (χ0v) is 25.1. The van der Waals surface area contributed by atoms with E-state index in [0.29, 0.717) is 52.0 Å². The number of carbonyl (C=O) groups excluding carboxylic acids is 1. The number of H-pyrrole nitrogens is 2. The van der Waals surface area contributed by atoms with E-state index in [1.807, 2.05) is 24.3 Å². The van der Waals surface area contributed by atoms with Crippen molar-refractivity contribution in [3.63, 3.8) is 0 Å². The summed E-state index contributed by atoms with van der Waals surface area (Å²) in [6.07, 6.45) is 12.1. The van der Waals surface area contributed by atoms with E-state index in [4.69, 9.17) is 9.72 Å². The Morgan fingerprint density at radius 1 is 1.02 bits per heavy atom. The summed E-state index contributed by atoms with van der Waals surface area (Å²) in [6, 6.07) is 10.4. The van der Waals surface area contributed by atoms with Gasteiger partial charge in [-0.1, -0.05) is 6.42 Å². The van der Waals surface area contributed by atoms with Gasteiger partial charge in [0.05, 0.1) is 29.3 Å².